The van der Waals surface area contributed by atoms with Crippen molar-refractivity contribution >= 4 is 0 Å². The standard InChI is InChI=1S/C14H20N2O3/c1-3-12(11-15-16-5-9-17-10-6-16)14-13(4-1)18-7-2-8-19-14/h1,3-4,15H,2,5-11H2. The predicted octanol–water partition coefficient (Wildman–Crippen LogP) is 1.18. The van der Waals surface area contributed by atoms with Gasteiger partial charge in [-0.1, -0.05) is 12.1 Å². The molecule has 0 aliphatic carbocycles. The fourth-order valence-corrected chi connectivity index (χ4v) is 2.31. The van der Waals surface area contributed by atoms with Crippen LogP contribution in [-0.4, -0.2) is 44.5 Å². The van der Waals surface area contributed by atoms with Crippen LogP contribution in [0.25, 0.3) is 0 Å². The van der Waals surface area contributed by atoms with Gasteiger partial charge in [0.15, 0.2) is 11.5 Å². The van der Waals surface area contributed by atoms with Crippen LogP contribution in [0.2, 0.25) is 0 Å². The summed E-state index contributed by atoms with van der Waals surface area (Å²) >= 11 is 0. The maximum Gasteiger partial charge on any atom is 0.165 e. The minimum absolute atomic E-state index is 0.724. The number of benzene rings is 1. The minimum Gasteiger partial charge on any atom is -0.490 e. The molecule has 0 atom stereocenters. The lowest BCUT2D eigenvalue weighted by molar-refractivity contribution is 0.0104. The van der Waals surface area contributed by atoms with Crippen molar-refractivity contribution in [2.24, 2.45) is 0 Å². The van der Waals surface area contributed by atoms with Crippen LogP contribution in [0.4, 0.5) is 0 Å². The molecule has 1 aromatic rings. The molecule has 0 aromatic heterocycles. The number of para-hydroxylation sites is 1. The van der Waals surface area contributed by atoms with Gasteiger partial charge in [0.25, 0.3) is 0 Å². The first-order valence-corrected chi connectivity index (χ1v) is 6.87. The maximum atomic E-state index is 5.81. The van der Waals surface area contributed by atoms with Crippen LogP contribution in [0.15, 0.2) is 18.2 Å². The lowest BCUT2D eigenvalue weighted by Crippen LogP contribution is -2.45. The van der Waals surface area contributed by atoms with Gasteiger partial charge in [0.1, 0.15) is 0 Å². The van der Waals surface area contributed by atoms with E-state index in [-0.39, 0.29) is 0 Å². The number of hydrazine groups is 1. The summed E-state index contributed by atoms with van der Waals surface area (Å²) in [6.45, 7) is 5.64. The summed E-state index contributed by atoms with van der Waals surface area (Å²) in [5.41, 5.74) is 4.57. The normalized spacial score (nSPS) is 20.0. The molecule has 0 radical (unpaired) electrons. The van der Waals surface area contributed by atoms with Gasteiger partial charge < -0.3 is 14.2 Å². The first kappa shape index (κ1) is 12.7. The van der Waals surface area contributed by atoms with Gasteiger partial charge in [-0.05, 0) is 6.07 Å². The Balaban J connectivity index is 1.66. The zero-order chi connectivity index (χ0) is 12.9. The molecule has 19 heavy (non-hydrogen) atoms. The van der Waals surface area contributed by atoms with E-state index in [0.717, 1.165) is 69.5 Å². The van der Waals surface area contributed by atoms with E-state index in [1.165, 1.54) is 0 Å². The second kappa shape index (κ2) is 6.23. The van der Waals surface area contributed by atoms with Crippen molar-refractivity contribution < 1.29 is 14.2 Å². The highest BCUT2D eigenvalue weighted by atomic mass is 16.5. The smallest absolute Gasteiger partial charge is 0.165 e. The maximum absolute atomic E-state index is 5.81. The Hall–Kier alpha value is -1.30. The summed E-state index contributed by atoms with van der Waals surface area (Å²) in [4.78, 5) is 0. The average molecular weight is 264 g/mol. The molecule has 2 aliphatic rings. The molecule has 0 amide bonds. The molecular weight excluding hydrogens is 244 g/mol. The summed E-state index contributed by atoms with van der Waals surface area (Å²) in [6.07, 6.45) is 0.936. The van der Waals surface area contributed by atoms with E-state index in [1.54, 1.807) is 0 Å². The number of nitrogens with zero attached hydrogens (tertiary/aromatic N) is 1. The first-order valence-electron chi connectivity index (χ1n) is 6.87. The molecule has 2 aliphatic heterocycles. The molecule has 1 aromatic carbocycles. The molecule has 1 N–H and O–H groups in total. The van der Waals surface area contributed by atoms with E-state index in [4.69, 9.17) is 14.2 Å². The summed E-state index contributed by atoms with van der Waals surface area (Å²) in [5.74, 6) is 1.75. The Morgan fingerprint density at radius 3 is 2.79 bits per heavy atom. The van der Waals surface area contributed by atoms with Crippen LogP contribution in [0.5, 0.6) is 11.5 Å². The van der Waals surface area contributed by atoms with Gasteiger partial charge in [-0.15, -0.1) is 0 Å². The molecule has 5 nitrogen and oxygen atoms in total. The van der Waals surface area contributed by atoms with Gasteiger partial charge in [-0.3, -0.25) is 5.43 Å². The van der Waals surface area contributed by atoms with Crippen molar-refractivity contribution in [3.05, 3.63) is 23.8 Å². The van der Waals surface area contributed by atoms with E-state index in [0.29, 0.717) is 0 Å². The molecular formula is C14H20N2O3. The number of hydrogen-bond donors (Lipinski definition) is 1. The van der Waals surface area contributed by atoms with E-state index in [9.17, 15) is 0 Å². The van der Waals surface area contributed by atoms with Crippen molar-refractivity contribution in [2.75, 3.05) is 39.5 Å². The Morgan fingerprint density at radius 2 is 1.89 bits per heavy atom. The fourth-order valence-electron chi connectivity index (χ4n) is 2.31. The van der Waals surface area contributed by atoms with Gasteiger partial charge in [0, 0.05) is 31.6 Å². The molecule has 2 heterocycles. The first-order chi connectivity index (χ1) is 9.43. The molecule has 0 unspecified atom stereocenters. The van der Waals surface area contributed by atoms with Crippen LogP contribution in [-0.2, 0) is 11.3 Å². The Kier molecular flexibility index (Phi) is 4.17. The monoisotopic (exact) mass is 264 g/mol. The van der Waals surface area contributed by atoms with Gasteiger partial charge in [-0.25, -0.2) is 5.01 Å². The van der Waals surface area contributed by atoms with Crippen LogP contribution in [0.3, 0.4) is 0 Å². The van der Waals surface area contributed by atoms with E-state index in [1.807, 2.05) is 12.1 Å². The van der Waals surface area contributed by atoms with Crippen LogP contribution in [0.1, 0.15) is 12.0 Å². The van der Waals surface area contributed by atoms with Crippen LogP contribution < -0.4 is 14.9 Å². The highest BCUT2D eigenvalue weighted by Crippen LogP contribution is 2.33. The van der Waals surface area contributed by atoms with Gasteiger partial charge in [0.05, 0.1) is 26.4 Å². The Morgan fingerprint density at radius 1 is 1.05 bits per heavy atom. The van der Waals surface area contributed by atoms with Crippen molar-refractivity contribution in [1.82, 2.24) is 10.4 Å². The van der Waals surface area contributed by atoms with Crippen LogP contribution in [0, 0.1) is 0 Å². The fraction of sp³-hybridized carbons (Fsp3) is 0.571. The zero-order valence-corrected chi connectivity index (χ0v) is 11.1. The highest BCUT2D eigenvalue weighted by molar-refractivity contribution is 5.46. The molecule has 0 spiro atoms. The summed E-state index contributed by atoms with van der Waals surface area (Å²) < 4.78 is 16.8. The third-order valence-corrected chi connectivity index (χ3v) is 3.36. The van der Waals surface area contributed by atoms with Crippen molar-refractivity contribution in [3.8, 4) is 11.5 Å². The molecule has 1 saturated heterocycles. The Bertz CT molecular complexity index is 419. The number of fused-ring (bicyclic) bond motifs is 1. The minimum atomic E-state index is 0.724. The second-order valence-corrected chi connectivity index (χ2v) is 4.73. The largest absolute Gasteiger partial charge is 0.490 e. The van der Waals surface area contributed by atoms with Crippen molar-refractivity contribution in [2.45, 2.75) is 13.0 Å². The number of rotatable bonds is 3. The second-order valence-electron chi connectivity index (χ2n) is 4.73. The van der Waals surface area contributed by atoms with Gasteiger partial charge in [-0.2, -0.15) is 0 Å². The summed E-state index contributed by atoms with van der Waals surface area (Å²) in [5, 5.41) is 2.19. The lowest BCUT2D eigenvalue weighted by Gasteiger charge is -2.27. The topological polar surface area (TPSA) is 43.0 Å². The van der Waals surface area contributed by atoms with Crippen LogP contribution >= 0.6 is 0 Å². The molecule has 1 fully saturated rings. The molecule has 3 rings (SSSR count). The lowest BCUT2D eigenvalue weighted by atomic mass is 10.2. The summed E-state index contributed by atoms with van der Waals surface area (Å²) in [6, 6.07) is 6.07. The predicted molar refractivity (Wildman–Crippen MR) is 71.3 cm³/mol. The quantitative estimate of drug-likeness (QED) is 0.888. The summed E-state index contributed by atoms with van der Waals surface area (Å²) in [7, 11) is 0. The number of hydrogen-bond acceptors (Lipinski definition) is 5. The Labute approximate surface area is 113 Å². The zero-order valence-electron chi connectivity index (χ0n) is 11.1. The highest BCUT2D eigenvalue weighted by Gasteiger charge is 2.15. The third-order valence-electron chi connectivity index (χ3n) is 3.36. The molecule has 0 bridgehead atoms. The molecule has 0 saturated carbocycles. The van der Waals surface area contributed by atoms with E-state index < -0.39 is 0 Å². The van der Waals surface area contributed by atoms with E-state index >= 15 is 0 Å². The van der Waals surface area contributed by atoms with Gasteiger partial charge in [0.2, 0.25) is 0 Å². The molecule has 104 valence electrons. The van der Waals surface area contributed by atoms with Gasteiger partial charge >= 0.3 is 0 Å². The van der Waals surface area contributed by atoms with E-state index in [2.05, 4.69) is 16.5 Å². The SMILES string of the molecule is c1cc(CNN2CCOCC2)c2c(c1)OCCCO2. The van der Waals surface area contributed by atoms with Crippen molar-refractivity contribution in [3.63, 3.8) is 0 Å². The number of morpholine rings is 1. The molecule has 5 heteroatoms. The third kappa shape index (κ3) is 3.18. The average Bonchev–Trinajstić information content (AvgIpc) is 2.72. The number of nitrogens with one attached hydrogen (secondary N) is 1. The number of ether oxygens (including phenoxy) is 3. The van der Waals surface area contributed by atoms with Crippen molar-refractivity contribution in [1.29, 1.82) is 0 Å².